The van der Waals surface area contributed by atoms with Gasteiger partial charge in [-0.3, -0.25) is 20.4 Å². The molecule has 3 rings (SSSR count). The Kier molecular flexibility index (Phi) is 5.85. The van der Waals surface area contributed by atoms with E-state index >= 15 is 0 Å². The highest BCUT2D eigenvalue weighted by Crippen LogP contribution is 2.23. The highest BCUT2D eigenvalue weighted by molar-refractivity contribution is 7.94. The maximum Gasteiger partial charge on any atom is 0.271 e. The molecule has 0 bridgehead atoms. The van der Waals surface area contributed by atoms with Gasteiger partial charge in [-0.05, 0) is 41.3 Å². The van der Waals surface area contributed by atoms with Crippen molar-refractivity contribution in [2.24, 2.45) is 0 Å². The van der Waals surface area contributed by atoms with Crippen molar-refractivity contribution in [2.75, 3.05) is 4.72 Å². The number of benzene rings is 2. The Morgan fingerprint density at radius 2 is 1.79 bits per heavy atom. The predicted molar refractivity (Wildman–Crippen MR) is 107 cm³/mol. The molecule has 10 heteroatoms. The molecule has 7 nitrogen and oxygen atoms in total. The molecule has 0 aliphatic rings. The minimum absolute atomic E-state index is 0.0144. The lowest BCUT2D eigenvalue weighted by Gasteiger charge is -2.18. The van der Waals surface area contributed by atoms with E-state index < -0.39 is 27.5 Å². The minimum Gasteiger partial charge on any atom is -0.872 e. The molecule has 29 heavy (non-hydrogen) atoms. The van der Waals surface area contributed by atoms with E-state index in [1.807, 2.05) is 0 Å². The van der Waals surface area contributed by atoms with E-state index in [-0.39, 0.29) is 26.7 Å². The van der Waals surface area contributed by atoms with Crippen molar-refractivity contribution in [3.05, 3.63) is 83.5 Å². The number of halogens is 1. The van der Waals surface area contributed by atoms with E-state index in [9.17, 15) is 22.7 Å². The number of hydrogen-bond donors (Lipinski definition) is 3. The summed E-state index contributed by atoms with van der Waals surface area (Å²) >= 11 is 1.04. The Balaban J connectivity index is 1.75. The summed E-state index contributed by atoms with van der Waals surface area (Å²) in [6.45, 7) is 3.61. The predicted octanol–water partition coefficient (Wildman–Crippen LogP) is 2.67. The molecule has 1 heterocycles. The fraction of sp³-hybridized carbons (Fsp3) is 0. The molecule has 1 aromatic heterocycles. The van der Waals surface area contributed by atoms with Crippen LogP contribution < -0.4 is 20.7 Å². The van der Waals surface area contributed by atoms with E-state index in [0.717, 1.165) is 29.5 Å². The molecule has 0 atom stereocenters. The summed E-state index contributed by atoms with van der Waals surface area (Å²) in [5.41, 5.74) is 4.82. The lowest BCUT2D eigenvalue weighted by atomic mass is 10.1. The van der Waals surface area contributed by atoms with Gasteiger partial charge in [-0.15, -0.1) is 11.3 Å². The topological polar surface area (TPSA) is 110 Å². The molecular formula is C19H15FN3O4S2-. The third-order valence-electron chi connectivity index (χ3n) is 3.77. The fourth-order valence-corrected chi connectivity index (χ4v) is 4.46. The number of hydrazine groups is 1. The third kappa shape index (κ3) is 4.73. The quantitative estimate of drug-likeness (QED) is 0.497. The van der Waals surface area contributed by atoms with Gasteiger partial charge in [0, 0.05) is 0 Å². The molecule has 0 spiro atoms. The summed E-state index contributed by atoms with van der Waals surface area (Å²) in [7, 11) is -3.84. The van der Waals surface area contributed by atoms with Gasteiger partial charge in [-0.25, -0.2) is 12.8 Å². The summed E-state index contributed by atoms with van der Waals surface area (Å²) in [6, 6.07) is 12.1. The van der Waals surface area contributed by atoms with Crippen LogP contribution in [0.15, 0.2) is 70.8 Å². The number of para-hydroxylation sites is 1. The largest absolute Gasteiger partial charge is 0.872 e. The van der Waals surface area contributed by atoms with Crippen LogP contribution in [0.3, 0.4) is 0 Å². The summed E-state index contributed by atoms with van der Waals surface area (Å²) in [5, 5.41) is 13.4. The van der Waals surface area contributed by atoms with Crippen LogP contribution in [0, 0.1) is 5.82 Å². The minimum atomic E-state index is -3.84. The first kappa shape index (κ1) is 20.4. The van der Waals surface area contributed by atoms with Crippen molar-refractivity contribution in [1.29, 1.82) is 0 Å². The van der Waals surface area contributed by atoms with Crippen LogP contribution in [0.4, 0.5) is 10.1 Å². The second-order valence-electron chi connectivity index (χ2n) is 5.78. The van der Waals surface area contributed by atoms with Crippen LogP contribution in [0.2, 0.25) is 0 Å². The van der Waals surface area contributed by atoms with Crippen molar-refractivity contribution < 1.29 is 22.7 Å². The monoisotopic (exact) mass is 432 g/mol. The molecule has 0 radical (unpaired) electrons. The van der Waals surface area contributed by atoms with Crippen LogP contribution in [0.25, 0.3) is 5.70 Å². The number of hydrogen-bond acceptors (Lipinski definition) is 6. The van der Waals surface area contributed by atoms with Crippen molar-refractivity contribution in [3.8, 4) is 5.75 Å². The number of rotatable bonds is 7. The highest BCUT2D eigenvalue weighted by atomic mass is 32.2. The van der Waals surface area contributed by atoms with E-state index in [4.69, 9.17) is 0 Å². The second-order valence-corrected chi connectivity index (χ2v) is 8.64. The van der Waals surface area contributed by atoms with Gasteiger partial charge in [0.2, 0.25) is 0 Å². The first-order valence-corrected chi connectivity index (χ1v) is 10.5. The molecule has 3 aromatic rings. The molecule has 1 amide bonds. The molecule has 0 fully saturated rings. The molecule has 0 saturated carbocycles. The number of amides is 1. The first-order chi connectivity index (χ1) is 13.8. The van der Waals surface area contributed by atoms with Gasteiger partial charge in [0.1, 0.15) is 10.0 Å². The summed E-state index contributed by atoms with van der Waals surface area (Å²) < 4.78 is 40.7. The van der Waals surface area contributed by atoms with Crippen molar-refractivity contribution in [3.63, 3.8) is 0 Å². The fourth-order valence-electron chi connectivity index (χ4n) is 2.39. The molecule has 0 aliphatic carbocycles. The van der Waals surface area contributed by atoms with Crippen LogP contribution in [-0.2, 0) is 10.0 Å². The van der Waals surface area contributed by atoms with Crippen molar-refractivity contribution in [2.45, 2.75) is 4.21 Å². The number of thiophene rings is 1. The Bertz CT molecular complexity index is 1160. The average Bonchev–Trinajstić information content (AvgIpc) is 3.24. The molecule has 0 aliphatic heterocycles. The Morgan fingerprint density at radius 3 is 2.52 bits per heavy atom. The van der Waals surface area contributed by atoms with E-state index in [2.05, 4.69) is 22.2 Å². The number of carbonyl (C=O) groups excluding carboxylic acids is 1. The molecule has 3 N–H and O–H groups in total. The van der Waals surface area contributed by atoms with E-state index in [0.29, 0.717) is 0 Å². The van der Waals surface area contributed by atoms with Gasteiger partial charge in [0.05, 0.1) is 16.9 Å². The maximum atomic E-state index is 13.3. The van der Waals surface area contributed by atoms with Crippen molar-refractivity contribution in [1.82, 2.24) is 10.9 Å². The Labute approximate surface area is 170 Å². The summed E-state index contributed by atoms with van der Waals surface area (Å²) in [5.74, 6) is -1.77. The first-order valence-electron chi connectivity index (χ1n) is 8.15. The molecule has 2 aromatic carbocycles. The second kappa shape index (κ2) is 8.33. The number of anilines is 1. The van der Waals surface area contributed by atoms with Gasteiger partial charge in [-0.2, -0.15) is 0 Å². The van der Waals surface area contributed by atoms with E-state index in [1.165, 1.54) is 18.2 Å². The zero-order chi connectivity index (χ0) is 21.0. The molecular weight excluding hydrogens is 417 g/mol. The van der Waals surface area contributed by atoms with E-state index in [1.54, 1.807) is 23.6 Å². The zero-order valence-electron chi connectivity index (χ0n) is 14.8. The van der Waals surface area contributed by atoms with Gasteiger partial charge in [0.25, 0.3) is 15.9 Å². The van der Waals surface area contributed by atoms with Gasteiger partial charge in [0.15, 0.2) is 0 Å². The number of carbonyl (C=O) groups is 1. The summed E-state index contributed by atoms with van der Waals surface area (Å²) in [4.78, 5) is 12.5. The van der Waals surface area contributed by atoms with Gasteiger partial charge < -0.3 is 5.11 Å². The third-order valence-corrected chi connectivity index (χ3v) is 6.53. The van der Waals surface area contributed by atoms with Crippen LogP contribution in [-0.4, -0.2) is 14.3 Å². The molecule has 0 saturated heterocycles. The average molecular weight is 432 g/mol. The zero-order valence-corrected chi connectivity index (χ0v) is 16.4. The Hall–Kier alpha value is -3.37. The van der Waals surface area contributed by atoms with Crippen LogP contribution >= 0.6 is 11.3 Å². The maximum absolute atomic E-state index is 13.3. The highest BCUT2D eigenvalue weighted by Gasteiger charge is 2.19. The Morgan fingerprint density at radius 1 is 1.03 bits per heavy atom. The molecule has 0 unspecified atom stereocenters. The SMILES string of the molecule is C=C(NNC(=O)c1ccccc1NS(=O)(=O)c1cccs1)c1cc(F)ccc1[O-]. The summed E-state index contributed by atoms with van der Waals surface area (Å²) in [6.07, 6.45) is 0. The van der Waals surface area contributed by atoms with Gasteiger partial charge in [-0.1, -0.05) is 36.6 Å². The standard InChI is InChI=1S/C19H16FN3O4S2/c1-12(15-11-13(20)8-9-17(15)24)21-22-19(25)14-5-2-3-6-16(14)23-29(26,27)18-7-4-10-28-18/h2-11,21,23-24H,1H2,(H,22,25)/p-1. The molecule has 150 valence electrons. The van der Waals surface area contributed by atoms with Crippen LogP contribution in [0.5, 0.6) is 5.75 Å². The van der Waals surface area contributed by atoms with Crippen LogP contribution in [0.1, 0.15) is 15.9 Å². The van der Waals surface area contributed by atoms with Gasteiger partial charge >= 0.3 is 0 Å². The number of nitrogens with one attached hydrogen (secondary N) is 3. The van der Waals surface area contributed by atoms with Crippen molar-refractivity contribution >= 4 is 38.7 Å². The smallest absolute Gasteiger partial charge is 0.271 e. The lowest BCUT2D eigenvalue weighted by Crippen LogP contribution is -2.36. The lowest BCUT2D eigenvalue weighted by molar-refractivity contribution is -0.268. The normalized spacial score (nSPS) is 10.9. The number of sulfonamides is 1.